The van der Waals surface area contributed by atoms with Crippen molar-refractivity contribution in [3.05, 3.63) is 68.2 Å². The number of methoxy groups -OCH3 is 1. The van der Waals surface area contributed by atoms with Crippen LogP contribution in [-0.2, 0) is 20.8 Å². The normalized spacial score (nSPS) is 27.0. The monoisotopic (exact) mass is 684 g/mol. The maximum Gasteiger partial charge on any atom is 0.487 e. The summed E-state index contributed by atoms with van der Waals surface area (Å²) >= 11 is 2.05. The number of carbonyl (C=O) groups is 2. The van der Waals surface area contributed by atoms with Gasteiger partial charge in [-0.25, -0.2) is 0 Å². The molecule has 6 rings (SSSR count). The number of hydrogen-bond donors (Lipinski definition) is 2. The molecular weight excluding hydrogens is 646 g/mol. The molecule has 10 heteroatoms. The average molecular weight is 684 g/mol. The first-order valence-electron chi connectivity index (χ1n) is 15.1. The van der Waals surface area contributed by atoms with Crippen LogP contribution in [0.5, 0.6) is 11.5 Å². The Morgan fingerprint density at radius 3 is 2.52 bits per heavy atom. The molecule has 2 aromatic carbocycles. The van der Waals surface area contributed by atoms with E-state index in [4.69, 9.17) is 9.39 Å². The Hall–Kier alpha value is -2.41. The SMILES string of the molecule is CCCC1=C2B(O)O[C@H](c3cc(I)c(O)c(OC)c3)C[C@H]2[C@H]2C(=O)N(C3CCN(Cc4ccccc4)CC3)C(=O)[C@H]2C1. The number of imide groups is 1. The molecule has 0 spiro atoms. The summed E-state index contributed by atoms with van der Waals surface area (Å²) in [6.07, 6.45) is 3.69. The van der Waals surface area contributed by atoms with E-state index in [1.54, 1.807) is 11.0 Å². The molecule has 3 saturated heterocycles. The lowest BCUT2D eigenvalue weighted by Gasteiger charge is -2.42. The van der Waals surface area contributed by atoms with Crippen molar-refractivity contribution in [2.24, 2.45) is 17.8 Å². The van der Waals surface area contributed by atoms with Crippen LogP contribution in [0, 0.1) is 21.3 Å². The number of allylic oxidation sites excluding steroid dienone is 2. The number of phenols is 1. The van der Waals surface area contributed by atoms with Gasteiger partial charge in [0.1, 0.15) is 0 Å². The van der Waals surface area contributed by atoms with Crippen LogP contribution < -0.4 is 4.74 Å². The third-order valence-corrected chi connectivity index (χ3v) is 10.4. The van der Waals surface area contributed by atoms with Crippen LogP contribution >= 0.6 is 22.6 Å². The predicted octanol–water partition coefficient (Wildman–Crippen LogP) is 4.87. The largest absolute Gasteiger partial charge is 0.504 e. The Bertz CT molecular complexity index is 1380. The molecule has 2 aromatic rings. The van der Waals surface area contributed by atoms with Gasteiger partial charge >= 0.3 is 7.12 Å². The Morgan fingerprint density at radius 2 is 1.83 bits per heavy atom. The number of hydrogen-bond acceptors (Lipinski definition) is 7. The first-order valence-corrected chi connectivity index (χ1v) is 16.1. The molecule has 2 amide bonds. The van der Waals surface area contributed by atoms with E-state index in [2.05, 4.69) is 58.7 Å². The van der Waals surface area contributed by atoms with E-state index < -0.39 is 25.1 Å². The number of halogens is 1. The van der Waals surface area contributed by atoms with Crippen LogP contribution in [0.1, 0.15) is 62.7 Å². The molecule has 4 aliphatic rings. The Balaban J connectivity index is 1.24. The minimum Gasteiger partial charge on any atom is -0.504 e. The zero-order valence-electron chi connectivity index (χ0n) is 24.2. The van der Waals surface area contributed by atoms with Gasteiger partial charge in [-0.2, -0.15) is 0 Å². The Labute approximate surface area is 261 Å². The number of carbonyl (C=O) groups excluding carboxylic acids is 2. The Kier molecular flexibility index (Phi) is 8.69. The van der Waals surface area contributed by atoms with Crippen molar-refractivity contribution in [2.75, 3.05) is 20.2 Å². The highest BCUT2D eigenvalue weighted by molar-refractivity contribution is 14.1. The standard InChI is InChI=1S/C32H38BIN2O6/c1-3-7-20-14-24-28(23-17-26(42-33(40)29(20)23)21-15-25(34)30(37)27(16-21)41-2)32(39)36(31(24)38)22-10-12-35(13-11-22)18-19-8-5-4-6-9-19/h4-6,8-9,15-16,22-24,26,28,37,40H,3,7,10-14,17-18H2,1-2H3/t23-,24-,26-,28+/m0/s1. The molecule has 0 bridgehead atoms. The van der Waals surface area contributed by atoms with Crippen molar-refractivity contribution >= 4 is 41.5 Å². The molecule has 2 N–H and O–H groups in total. The third-order valence-electron chi connectivity index (χ3n) is 9.61. The van der Waals surface area contributed by atoms with Crippen LogP contribution in [0.25, 0.3) is 0 Å². The van der Waals surface area contributed by atoms with E-state index in [0.29, 0.717) is 22.2 Å². The average Bonchev–Trinajstić information content (AvgIpc) is 3.24. The van der Waals surface area contributed by atoms with E-state index >= 15 is 0 Å². The number of amides is 2. The first kappa shape index (κ1) is 29.7. The summed E-state index contributed by atoms with van der Waals surface area (Å²) in [5.41, 5.74) is 3.90. The summed E-state index contributed by atoms with van der Waals surface area (Å²) in [5.74, 6) is -0.903. The molecule has 42 heavy (non-hydrogen) atoms. The van der Waals surface area contributed by atoms with Crippen molar-refractivity contribution in [1.29, 1.82) is 0 Å². The zero-order chi connectivity index (χ0) is 29.5. The topological polar surface area (TPSA) is 99.5 Å². The summed E-state index contributed by atoms with van der Waals surface area (Å²) < 4.78 is 12.2. The quantitative estimate of drug-likeness (QED) is 0.244. The summed E-state index contributed by atoms with van der Waals surface area (Å²) in [6.45, 7) is 4.65. The predicted molar refractivity (Wildman–Crippen MR) is 167 cm³/mol. The molecule has 4 atom stereocenters. The lowest BCUT2D eigenvalue weighted by Crippen LogP contribution is -2.48. The lowest BCUT2D eigenvalue weighted by molar-refractivity contribution is -0.144. The second kappa shape index (κ2) is 12.3. The third kappa shape index (κ3) is 5.40. The van der Waals surface area contributed by atoms with E-state index in [1.165, 1.54) is 12.7 Å². The fraction of sp³-hybridized carbons (Fsp3) is 0.500. The molecule has 3 fully saturated rings. The van der Waals surface area contributed by atoms with Crippen molar-refractivity contribution in [3.63, 3.8) is 0 Å². The van der Waals surface area contributed by atoms with Crippen LogP contribution in [-0.4, -0.2) is 65.1 Å². The van der Waals surface area contributed by atoms with Gasteiger partial charge in [-0.05, 0) is 89.3 Å². The van der Waals surface area contributed by atoms with Gasteiger partial charge in [0.2, 0.25) is 11.8 Å². The summed E-state index contributed by atoms with van der Waals surface area (Å²) in [4.78, 5) is 32.2. The fourth-order valence-electron chi connectivity index (χ4n) is 7.66. The molecule has 0 radical (unpaired) electrons. The highest BCUT2D eigenvalue weighted by atomic mass is 127. The number of nitrogens with zero attached hydrogens (tertiary/aromatic N) is 2. The maximum atomic E-state index is 14.2. The number of fused-ring (bicyclic) bond motifs is 3. The number of ether oxygens (including phenoxy) is 1. The number of phenolic OH excluding ortho intramolecular Hbond substituents is 1. The fourth-order valence-corrected chi connectivity index (χ4v) is 8.29. The van der Waals surface area contributed by atoms with Crippen LogP contribution in [0.15, 0.2) is 53.5 Å². The van der Waals surface area contributed by atoms with Gasteiger partial charge in [0.05, 0.1) is 28.6 Å². The van der Waals surface area contributed by atoms with Gasteiger partial charge in [0, 0.05) is 25.7 Å². The number of rotatable bonds is 7. The van der Waals surface area contributed by atoms with Gasteiger partial charge in [-0.15, -0.1) is 0 Å². The van der Waals surface area contributed by atoms with Crippen molar-refractivity contribution in [1.82, 2.24) is 9.80 Å². The van der Waals surface area contributed by atoms with Crippen molar-refractivity contribution in [3.8, 4) is 11.5 Å². The molecule has 0 saturated carbocycles. The van der Waals surface area contributed by atoms with Crippen LogP contribution in [0.4, 0.5) is 0 Å². The van der Waals surface area contributed by atoms with Gasteiger partial charge in [-0.3, -0.25) is 19.4 Å². The van der Waals surface area contributed by atoms with Crippen molar-refractivity contribution < 1.29 is 29.1 Å². The molecule has 3 heterocycles. The van der Waals surface area contributed by atoms with E-state index in [-0.39, 0.29) is 29.5 Å². The van der Waals surface area contributed by atoms with Crippen LogP contribution in [0.3, 0.4) is 0 Å². The molecular formula is C32H38BIN2O6. The van der Waals surface area contributed by atoms with Gasteiger partial charge < -0.3 is 19.5 Å². The molecule has 0 unspecified atom stereocenters. The highest BCUT2D eigenvalue weighted by Gasteiger charge is 2.58. The minimum absolute atomic E-state index is 0.0439. The summed E-state index contributed by atoms with van der Waals surface area (Å²) in [5, 5.41) is 21.7. The lowest BCUT2D eigenvalue weighted by atomic mass is 9.54. The second-order valence-electron chi connectivity index (χ2n) is 12.1. The number of benzene rings is 2. The zero-order valence-corrected chi connectivity index (χ0v) is 26.3. The van der Waals surface area contributed by atoms with E-state index in [1.807, 2.05) is 12.1 Å². The minimum atomic E-state index is -1.15. The van der Waals surface area contributed by atoms with Gasteiger partial charge in [0.25, 0.3) is 0 Å². The smallest absolute Gasteiger partial charge is 0.487 e. The number of likely N-dealkylation sites (tertiary alicyclic amines) is 2. The number of aromatic hydroxyl groups is 1. The molecule has 8 nitrogen and oxygen atoms in total. The van der Waals surface area contributed by atoms with Crippen LogP contribution in [0.2, 0.25) is 0 Å². The van der Waals surface area contributed by atoms with E-state index in [0.717, 1.165) is 61.9 Å². The Morgan fingerprint density at radius 1 is 1.10 bits per heavy atom. The molecule has 1 aliphatic carbocycles. The summed E-state index contributed by atoms with van der Waals surface area (Å²) in [7, 11) is 0.352. The van der Waals surface area contributed by atoms with Crippen molar-refractivity contribution in [2.45, 2.75) is 64.1 Å². The highest BCUT2D eigenvalue weighted by Crippen LogP contribution is 2.53. The van der Waals surface area contributed by atoms with E-state index in [9.17, 15) is 19.7 Å². The first-order chi connectivity index (χ1) is 20.3. The molecule has 3 aliphatic heterocycles. The number of piperidine rings is 1. The summed E-state index contributed by atoms with van der Waals surface area (Å²) in [6, 6.07) is 13.9. The second-order valence-corrected chi connectivity index (χ2v) is 13.2. The molecule has 222 valence electrons. The maximum absolute atomic E-state index is 14.2. The van der Waals surface area contributed by atoms with Gasteiger partial charge in [0.15, 0.2) is 11.5 Å². The molecule has 0 aromatic heterocycles. The van der Waals surface area contributed by atoms with Gasteiger partial charge in [-0.1, -0.05) is 49.2 Å².